The van der Waals surface area contributed by atoms with E-state index >= 15 is 0 Å². The fourth-order valence-corrected chi connectivity index (χ4v) is 0.167. The Kier molecular flexibility index (Phi) is 10.7. The summed E-state index contributed by atoms with van der Waals surface area (Å²) >= 11 is 3.35. The molecule has 0 aromatic heterocycles. The third kappa shape index (κ3) is 6.92. The molecule has 0 aromatic rings. The molecule has 7 heavy (non-hydrogen) atoms. The molecule has 0 saturated carbocycles. The first-order valence-corrected chi connectivity index (χ1v) is 3.07. The summed E-state index contributed by atoms with van der Waals surface area (Å²) in [5.74, 6) is 0. The third-order valence-electron chi connectivity index (χ3n) is 0.699. The molecule has 0 heterocycles. The average Bonchev–Trinajstić information content (AvgIpc) is 1.65. The van der Waals surface area contributed by atoms with Crippen LogP contribution in [0, 0.1) is 0 Å². The highest BCUT2D eigenvalue weighted by Gasteiger charge is 1.91. The minimum Gasteiger partial charge on any atom is -0.329 e. The van der Waals surface area contributed by atoms with Gasteiger partial charge in [0.15, 0.2) is 0 Å². The second kappa shape index (κ2) is 6.92. The van der Waals surface area contributed by atoms with Crippen LogP contribution in [0.5, 0.6) is 0 Å². The van der Waals surface area contributed by atoms with Crippen molar-refractivity contribution in [1.29, 1.82) is 0 Å². The number of hydrogen-bond donors (Lipinski definition) is 1. The predicted octanol–water partition coefficient (Wildman–Crippen LogP) is 1.70. The number of alkyl halides is 1. The van der Waals surface area contributed by atoms with Crippen LogP contribution < -0.4 is 5.73 Å². The average molecular weight is 233 g/mol. The Morgan fingerprint density at radius 2 is 2.14 bits per heavy atom. The molecule has 1 unspecified atom stereocenters. The second-order valence-corrected chi connectivity index (χ2v) is 2.54. The van der Waals surface area contributed by atoms with E-state index in [1.165, 1.54) is 0 Å². The number of halogens is 2. The lowest BCUT2D eigenvalue weighted by atomic mass is 10.3. The van der Waals surface area contributed by atoms with Gasteiger partial charge in [-0.3, -0.25) is 0 Å². The van der Waals surface area contributed by atoms with Crippen LogP contribution in [0.2, 0.25) is 0 Å². The van der Waals surface area contributed by atoms with Crippen LogP contribution in [0.4, 0.5) is 0 Å². The summed E-state index contributed by atoms with van der Waals surface area (Å²) in [6.07, 6.45) is 1.12. The van der Waals surface area contributed by atoms with Crippen LogP contribution in [0.1, 0.15) is 13.3 Å². The standard InChI is InChI=1S/C4H10BrN.BrH/c1-2-4(5)3-6;/h4H,2-3,6H2,1H3;1H. The first kappa shape index (κ1) is 10.8. The Bertz CT molecular complexity index is 28.9. The van der Waals surface area contributed by atoms with Gasteiger partial charge in [0.2, 0.25) is 0 Å². The molecule has 1 atom stereocenters. The Hall–Kier alpha value is 0.920. The lowest BCUT2D eigenvalue weighted by Gasteiger charge is -1.96. The van der Waals surface area contributed by atoms with Crippen molar-refractivity contribution in [3.8, 4) is 0 Å². The van der Waals surface area contributed by atoms with Crippen molar-refractivity contribution in [3.05, 3.63) is 0 Å². The summed E-state index contributed by atoms with van der Waals surface area (Å²) < 4.78 is 0. The maximum Gasteiger partial charge on any atom is 0.0265 e. The summed E-state index contributed by atoms with van der Waals surface area (Å²) in [4.78, 5) is 0.525. The minimum atomic E-state index is 0. The molecule has 0 rings (SSSR count). The number of nitrogens with two attached hydrogens (primary N) is 1. The Labute approximate surface area is 63.6 Å². The molecule has 0 spiro atoms. The van der Waals surface area contributed by atoms with Crippen LogP contribution in [0.15, 0.2) is 0 Å². The maximum absolute atomic E-state index is 5.24. The van der Waals surface area contributed by atoms with Gasteiger partial charge in [-0.15, -0.1) is 17.0 Å². The summed E-state index contributed by atoms with van der Waals surface area (Å²) in [6.45, 7) is 2.85. The molecule has 0 amide bonds. The molecule has 3 heteroatoms. The van der Waals surface area contributed by atoms with Gasteiger partial charge in [-0.05, 0) is 6.42 Å². The van der Waals surface area contributed by atoms with Gasteiger partial charge >= 0.3 is 0 Å². The molecule has 0 aliphatic heterocycles. The molecular formula is C4H11Br2N. The smallest absolute Gasteiger partial charge is 0.0265 e. The van der Waals surface area contributed by atoms with Crippen molar-refractivity contribution in [2.24, 2.45) is 5.73 Å². The quantitative estimate of drug-likeness (QED) is 0.721. The zero-order valence-electron chi connectivity index (χ0n) is 4.36. The van der Waals surface area contributed by atoms with Crippen molar-refractivity contribution in [3.63, 3.8) is 0 Å². The lowest BCUT2D eigenvalue weighted by Crippen LogP contribution is -2.11. The molecule has 0 fully saturated rings. The van der Waals surface area contributed by atoms with Crippen LogP contribution in [0.25, 0.3) is 0 Å². The van der Waals surface area contributed by atoms with Gasteiger partial charge in [0.25, 0.3) is 0 Å². The van der Waals surface area contributed by atoms with E-state index in [1.807, 2.05) is 0 Å². The van der Waals surface area contributed by atoms with Crippen LogP contribution in [0.3, 0.4) is 0 Å². The van der Waals surface area contributed by atoms with Gasteiger partial charge < -0.3 is 5.73 Å². The molecule has 0 bridgehead atoms. The summed E-state index contributed by atoms with van der Waals surface area (Å²) in [5, 5.41) is 0. The molecule has 1 nitrogen and oxygen atoms in total. The molecule has 0 aliphatic rings. The monoisotopic (exact) mass is 231 g/mol. The summed E-state index contributed by atoms with van der Waals surface area (Å²) in [6, 6.07) is 0. The SMILES string of the molecule is Br.CCC(Br)CN. The molecule has 0 aromatic carbocycles. The van der Waals surface area contributed by atoms with Crippen molar-refractivity contribution >= 4 is 32.9 Å². The molecule has 0 aliphatic carbocycles. The number of rotatable bonds is 2. The fourth-order valence-electron chi connectivity index (χ4n) is 0.167. The normalized spacial score (nSPS) is 12.4. The van der Waals surface area contributed by atoms with Crippen molar-refractivity contribution in [2.45, 2.75) is 18.2 Å². The van der Waals surface area contributed by atoms with Gasteiger partial charge in [0.05, 0.1) is 0 Å². The van der Waals surface area contributed by atoms with Gasteiger partial charge in [0, 0.05) is 11.4 Å². The van der Waals surface area contributed by atoms with E-state index in [0.717, 1.165) is 13.0 Å². The maximum atomic E-state index is 5.24. The predicted molar refractivity (Wildman–Crippen MR) is 42.4 cm³/mol. The van der Waals surface area contributed by atoms with Crippen LogP contribution >= 0.6 is 32.9 Å². The Morgan fingerprint density at radius 1 is 1.71 bits per heavy atom. The zero-order chi connectivity index (χ0) is 4.99. The second-order valence-electron chi connectivity index (χ2n) is 1.24. The highest BCUT2D eigenvalue weighted by molar-refractivity contribution is 9.09. The highest BCUT2D eigenvalue weighted by Crippen LogP contribution is 1.99. The molecule has 0 saturated heterocycles. The Balaban J connectivity index is 0. The van der Waals surface area contributed by atoms with Crippen molar-refractivity contribution < 1.29 is 0 Å². The van der Waals surface area contributed by atoms with Gasteiger partial charge in [-0.25, -0.2) is 0 Å². The van der Waals surface area contributed by atoms with E-state index < -0.39 is 0 Å². The van der Waals surface area contributed by atoms with E-state index in [0.29, 0.717) is 4.83 Å². The van der Waals surface area contributed by atoms with Crippen molar-refractivity contribution in [1.82, 2.24) is 0 Å². The van der Waals surface area contributed by atoms with Gasteiger partial charge in [-0.1, -0.05) is 22.9 Å². The number of hydrogen-bond acceptors (Lipinski definition) is 1. The zero-order valence-corrected chi connectivity index (χ0v) is 7.65. The third-order valence-corrected chi connectivity index (χ3v) is 1.72. The topological polar surface area (TPSA) is 26.0 Å². The van der Waals surface area contributed by atoms with Gasteiger partial charge in [0.1, 0.15) is 0 Å². The van der Waals surface area contributed by atoms with E-state index in [1.54, 1.807) is 0 Å². The molecule has 0 radical (unpaired) electrons. The first-order valence-electron chi connectivity index (χ1n) is 2.15. The minimum absolute atomic E-state index is 0. The lowest BCUT2D eigenvalue weighted by molar-refractivity contribution is 0.840. The summed E-state index contributed by atoms with van der Waals surface area (Å²) in [5.41, 5.74) is 5.24. The molecule has 2 N–H and O–H groups in total. The first-order chi connectivity index (χ1) is 2.81. The molecular weight excluding hydrogens is 222 g/mol. The van der Waals surface area contributed by atoms with Crippen LogP contribution in [-0.2, 0) is 0 Å². The molecule has 46 valence electrons. The summed E-state index contributed by atoms with van der Waals surface area (Å²) in [7, 11) is 0. The van der Waals surface area contributed by atoms with E-state index in [9.17, 15) is 0 Å². The highest BCUT2D eigenvalue weighted by atomic mass is 79.9. The van der Waals surface area contributed by atoms with E-state index in [-0.39, 0.29) is 17.0 Å². The fraction of sp³-hybridized carbons (Fsp3) is 1.00. The van der Waals surface area contributed by atoms with Crippen LogP contribution in [-0.4, -0.2) is 11.4 Å². The van der Waals surface area contributed by atoms with E-state index in [2.05, 4.69) is 22.9 Å². The Morgan fingerprint density at radius 3 is 2.14 bits per heavy atom. The van der Waals surface area contributed by atoms with Crippen molar-refractivity contribution in [2.75, 3.05) is 6.54 Å². The largest absolute Gasteiger partial charge is 0.329 e. The van der Waals surface area contributed by atoms with E-state index in [4.69, 9.17) is 5.73 Å². The van der Waals surface area contributed by atoms with Gasteiger partial charge in [-0.2, -0.15) is 0 Å².